The highest BCUT2D eigenvalue weighted by atomic mass is 16.5. The number of unbranched alkanes of at least 4 members (excludes halogenated alkanes) is 2. The molecular weight excluding hydrogens is 266 g/mol. The molecule has 1 aliphatic heterocycles. The predicted octanol–water partition coefficient (Wildman–Crippen LogP) is 3.29. The number of piperidine rings is 1. The molecule has 0 radical (unpaired) electrons. The molecule has 0 spiro atoms. The quantitative estimate of drug-likeness (QED) is 0.558. The average molecular weight is 295 g/mol. The number of hydrogen-bond acceptors (Lipinski definition) is 3. The lowest BCUT2D eigenvalue weighted by molar-refractivity contribution is -0.140. The fourth-order valence-electron chi connectivity index (χ4n) is 3.90. The summed E-state index contributed by atoms with van der Waals surface area (Å²) < 4.78 is 4.62. The average Bonchev–Trinajstić information content (AvgIpc) is 2.53. The summed E-state index contributed by atoms with van der Waals surface area (Å²) in [4.78, 5) is 25.6. The molecule has 0 N–H and O–H groups in total. The maximum atomic E-state index is 12.4. The van der Waals surface area contributed by atoms with Gasteiger partial charge in [-0.2, -0.15) is 0 Å². The van der Waals surface area contributed by atoms with Gasteiger partial charge in [-0.05, 0) is 44.4 Å². The van der Waals surface area contributed by atoms with Gasteiger partial charge in [-0.15, -0.1) is 0 Å². The minimum atomic E-state index is -0.151. The first-order valence-electron chi connectivity index (χ1n) is 8.58. The number of esters is 1. The summed E-state index contributed by atoms with van der Waals surface area (Å²) in [5.41, 5.74) is 0. The minimum absolute atomic E-state index is 0.151. The first-order chi connectivity index (χ1) is 10.2. The molecule has 1 saturated carbocycles. The lowest BCUT2D eigenvalue weighted by atomic mass is 9.78. The molecule has 1 aliphatic carbocycles. The van der Waals surface area contributed by atoms with Crippen LogP contribution in [0.15, 0.2) is 0 Å². The van der Waals surface area contributed by atoms with Gasteiger partial charge in [0.1, 0.15) is 0 Å². The molecule has 1 heterocycles. The second-order valence-electron chi connectivity index (χ2n) is 6.48. The van der Waals surface area contributed by atoms with Crippen LogP contribution in [-0.2, 0) is 14.3 Å². The Hall–Kier alpha value is -1.06. The van der Waals surface area contributed by atoms with Crippen LogP contribution in [0.1, 0.15) is 70.6 Å². The lowest BCUT2D eigenvalue weighted by Crippen LogP contribution is -2.49. The zero-order valence-corrected chi connectivity index (χ0v) is 13.3. The Morgan fingerprint density at radius 2 is 1.71 bits per heavy atom. The van der Waals surface area contributed by atoms with E-state index < -0.39 is 0 Å². The second-order valence-corrected chi connectivity index (χ2v) is 6.48. The largest absolute Gasteiger partial charge is 0.469 e. The van der Waals surface area contributed by atoms with E-state index in [1.165, 1.54) is 45.6 Å². The Labute approximate surface area is 128 Å². The van der Waals surface area contributed by atoms with Gasteiger partial charge in [0.25, 0.3) is 0 Å². The third-order valence-corrected chi connectivity index (χ3v) is 5.06. The maximum absolute atomic E-state index is 12.4. The highest BCUT2D eigenvalue weighted by Gasteiger charge is 2.35. The molecule has 21 heavy (non-hydrogen) atoms. The summed E-state index contributed by atoms with van der Waals surface area (Å²) in [7, 11) is 1.42. The van der Waals surface area contributed by atoms with Gasteiger partial charge in [0.2, 0.25) is 5.91 Å². The zero-order valence-electron chi connectivity index (χ0n) is 13.3. The Bertz CT molecular complexity index is 354. The number of carbonyl (C=O) groups is 2. The summed E-state index contributed by atoms with van der Waals surface area (Å²) in [6.45, 7) is 0.960. The number of likely N-dealkylation sites (tertiary alicyclic amines) is 1. The smallest absolute Gasteiger partial charge is 0.305 e. The van der Waals surface area contributed by atoms with Crippen molar-refractivity contribution in [3.8, 4) is 0 Å². The van der Waals surface area contributed by atoms with Crippen LogP contribution in [0.4, 0.5) is 0 Å². The standard InChI is InChI=1S/C17H29NO3/c1-21-17(20)12-4-2-3-11-16(19)18-13-7-9-14-8-5-6-10-15(14)18/h14-15H,2-13H2,1H3. The molecule has 120 valence electrons. The van der Waals surface area contributed by atoms with Crippen LogP contribution < -0.4 is 0 Å². The van der Waals surface area contributed by atoms with Gasteiger partial charge in [0.15, 0.2) is 0 Å². The zero-order chi connectivity index (χ0) is 15.1. The van der Waals surface area contributed by atoms with Crippen LogP contribution >= 0.6 is 0 Å². The Balaban J connectivity index is 1.68. The van der Waals surface area contributed by atoms with Crippen LogP contribution in [-0.4, -0.2) is 36.5 Å². The second kappa shape index (κ2) is 8.40. The number of hydrogen-bond donors (Lipinski definition) is 0. The number of rotatable bonds is 6. The first-order valence-corrected chi connectivity index (χ1v) is 8.58. The third kappa shape index (κ3) is 4.72. The van der Waals surface area contributed by atoms with Crippen molar-refractivity contribution in [2.75, 3.05) is 13.7 Å². The SMILES string of the molecule is COC(=O)CCCCCC(=O)N1CCCC2CCCCC21. The van der Waals surface area contributed by atoms with Crippen LogP contribution in [0, 0.1) is 5.92 Å². The summed E-state index contributed by atoms with van der Waals surface area (Å²) in [6.07, 6.45) is 11.4. The van der Waals surface area contributed by atoms with E-state index in [2.05, 4.69) is 9.64 Å². The molecule has 2 aliphatic rings. The van der Waals surface area contributed by atoms with Gasteiger partial charge in [0.05, 0.1) is 7.11 Å². The van der Waals surface area contributed by atoms with E-state index in [0.29, 0.717) is 24.8 Å². The molecule has 4 heteroatoms. The number of fused-ring (bicyclic) bond motifs is 1. The molecule has 0 aromatic rings. The summed E-state index contributed by atoms with van der Waals surface area (Å²) in [6, 6.07) is 0.523. The van der Waals surface area contributed by atoms with Gasteiger partial charge in [-0.3, -0.25) is 9.59 Å². The highest BCUT2D eigenvalue weighted by Crippen LogP contribution is 2.35. The topological polar surface area (TPSA) is 46.6 Å². The van der Waals surface area contributed by atoms with Crippen LogP contribution in [0.2, 0.25) is 0 Å². The fraction of sp³-hybridized carbons (Fsp3) is 0.882. The van der Waals surface area contributed by atoms with E-state index in [1.807, 2.05) is 0 Å². The number of carbonyl (C=O) groups excluding carboxylic acids is 2. The van der Waals surface area contributed by atoms with Crippen molar-refractivity contribution >= 4 is 11.9 Å². The van der Waals surface area contributed by atoms with Gasteiger partial charge in [-0.1, -0.05) is 19.3 Å². The number of ether oxygens (including phenoxy) is 1. The molecule has 0 aromatic carbocycles. The van der Waals surface area contributed by atoms with Crippen molar-refractivity contribution in [2.24, 2.45) is 5.92 Å². The summed E-state index contributed by atoms with van der Waals surface area (Å²) in [5, 5.41) is 0. The van der Waals surface area contributed by atoms with Crippen molar-refractivity contribution in [1.29, 1.82) is 0 Å². The number of nitrogens with zero attached hydrogens (tertiary/aromatic N) is 1. The van der Waals surface area contributed by atoms with E-state index in [1.54, 1.807) is 0 Å². The Kier molecular flexibility index (Phi) is 6.52. The van der Waals surface area contributed by atoms with Crippen molar-refractivity contribution in [2.45, 2.75) is 76.7 Å². The van der Waals surface area contributed by atoms with Crippen molar-refractivity contribution in [3.63, 3.8) is 0 Å². The molecule has 1 amide bonds. The van der Waals surface area contributed by atoms with E-state index in [9.17, 15) is 9.59 Å². The fourth-order valence-corrected chi connectivity index (χ4v) is 3.90. The Morgan fingerprint density at radius 1 is 1.00 bits per heavy atom. The highest BCUT2D eigenvalue weighted by molar-refractivity contribution is 5.76. The van der Waals surface area contributed by atoms with E-state index >= 15 is 0 Å². The molecule has 2 atom stereocenters. The van der Waals surface area contributed by atoms with Crippen molar-refractivity contribution in [1.82, 2.24) is 4.90 Å². The van der Waals surface area contributed by atoms with Crippen molar-refractivity contribution in [3.05, 3.63) is 0 Å². The molecular formula is C17H29NO3. The summed E-state index contributed by atoms with van der Waals surface area (Å²) in [5.74, 6) is 0.947. The molecule has 1 saturated heterocycles. The maximum Gasteiger partial charge on any atom is 0.305 e. The molecule has 2 unspecified atom stereocenters. The van der Waals surface area contributed by atoms with E-state index in [-0.39, 0.29) is 5.97 Å². The summed E-state index contributed by atoms with van der Waals surface area (Å²) >= 11 is 0. The van der Waals surface area contributed by atoms with Gasteiger partial charge < -0.3 is 9.64 Å². The van der Waals surface area contributed by atoms with Gasteiger partial charge in [0, 0.05) is 25.4 Å². The third-order valence-electron chi connectivity index (χ3n) is 5.06. The van der Waals surface area contributed by atoms with Crippen LogP contribution in [0.25, 0.3) is 0 Å². The molecule has 0 aromatic heterocycles. The molecule has 0 bridgehead atoms. The number of methoxy groups -OCH3 is 1. The molecule has 2 fully saturated rings. The predicted molar refractivity (Wildman–Crippen MR) is 81.8 cm³/mol. The molecule has 2 rings (SSSR count). The first kappa shape index (κ1) is 16.3. The van der Waals surface area contributed by atoms with Crippen LogP contribution in [0.3, 0.4) is 0 Å². The van der Waals surface area contributed by atoms with Crippen LogP contribution in [0.5, 0.6) is 0 Å². The van der Waals surface area contributed by atoms with Gasteiger partial charge in [-0.25, -0.2) is 0 Å². The normalized spacial score (nSPS) is 25.3. The molecule has 4 nitrogen and oxygen atoms in total. The monoisotopic (exact) mass is 295 g/mol. The lowest BCUT2D eigenvalue weighted by Gasteiger charge is -2.44. The number of amides is 1. The Morgan fingerprint density at radius 3 is 2.52 bits per heavy atom. The van der Waals surface area contributed by atoms with Crippen molar-refractivity contribution < 1.29 is 14.3 Å². The van der Waals surface area contributed by atoms with E-state index in [0.717, 1.165) is 31.7 Å². The van der Waals surface area contributed by atoms with E-state index in [4.69, 9.17) is 0 Å². The minimum Gasteiger partial charge on any atom is -0.469 e. The van der Waals surface area contributed by atoms with Gasteiger partial charge >= 0.3 is 5.97 Å².